The molecule has 2 aromatic heterocycles. The summed E-state index contributed by atoms with van der Waals surface area (Å²) in [5.74, 6) is 1.68. The maximum atomic E-state index is 10.8. The fourth-order valence-electron chi connectivity index (χ4n) is 5.96. The molecule has 0 bridgehead atoms. The molecule has 2 aliphatic heterocycles. The molecule has 0 aliphatic carbocycles. The highest BCUT2D eigenvalue weighted by atomic mass is 28.4. The fraction of sp³-hybridized carbons (Fsp3) is 0.576. The Balaban J connectivity index is 1.50. The first-order valence-electron chi connectivity index (χ1n) is 16.1. The summed E-state index contributed by atoms with van der Waals surface area (Å²) in [6.45, 7) is 21.9. The van der Waals surface area contributed by atoms with Crippen molar-refractivity contribution < 1.29 is 14.2 Å². The van der Waals surface area contributed by atoms with Gasteiger partial charge in [0.15, 0.2) is 8.32 Å². The van der Waals surface area contributed by atoms with E-state index in [1.807, 2.05) is 21.6 Å². The topological polar surface area (TPSA) is 121 Å². The van der Waals surface area contributed by atoms with Crippen LogP contribution in [-0.2, 0) is 14.6 Å². The van der Waals surface area contributed by atoms with Crippen LogP contribution in [-0.4, -0.2) is 66.5 Å². The van der Waals surface area contributed by atoms with E-state index in [-0.39, 0.29) is 11.1 Å². The number of fused-ring (bicyclic) bond motifs is 1. The van der Waals surface area contributed by atoms with E-state index in [2.05, 4.69) is 83.1 Å². The van der Waals surface area contributed by atoms with Crippen LogP contribution in [0, 0.1) is 11.3 Å². The minimum absolute atomic E-state index is 0.0648. The zero-order chi connectivity index (χ0) is 32.7. The van der Waals surface area contributed by atoms with Gasteiger partial charge in [0.1, 0.15) is 11.9 Å². The zero-order valence-electron chi connectivity index (χ0n) is 28.3. The van der Waals surface area contributed by atoms with Gasteiger partial charge in [-0.05, 0) is 75.4 Å². The SMILES string of the molecule is CB(O)N1C[C@](C)(CO[Si](C)(C)C(C)(C)C)c2cc(-c3ccnc(Nc4cc(C5CCOCC5)nn4C(C)C)n3)cc(C#N)c21. The highest BCUT2D eigenvalue weighted by Gasteiger charge is 2.46. The molecule has 1 fully saturated rings. The van der Waals surface area contributed by atoms with Crippen LogP contribution in [0.3, 0.4) is 0 Å². The Labute approximate surface area is 269 Å². The summed E-state index contributed by atoms with van der Waals surface area (Å²) >= 11 is 0. The van der Waals surface area contributed by atoms with Crippen LogP contribution >= 0.6 is 0 Å². The van der Waals surface area contributed by atoms with Gasteiger partial charge in [0.2, 0.25) is 5.95 Å². The van der Waals surface area contributed by atoms with Gasteiger partial charge in [0, 0.05) is 67.3 Å². The van der Waals surface area contributed by atoms with E-state index < -0.39 is 20.8 Å². The van der Waals surface area contributed by atoms with Crippen molar-refractivity contribution in [2.75, 3.05) is 36.5 Å². The third kappa shape index (κ3) is 6.68. The van der Waals surface area contributed by atoms with Gasteiger partial charge >= 0.3 is 7.05 Å². The first kappa shape index (κ1) is 33.1. The number of aromatic nitrogens is 4. The highest BCUT2D eigenvalue weighted by molar-refractivity contribution is 6.74. The third-order valence-corrected chi connectivity index (χ3v) is 14.2. The average Bonchev–Trinajstić information content (AvgIpc) is 3.55. The Morgan fingerprint density at radius 3 is 2.58 bits per heavy atom. The molecular weight excluding hydrogens is 581 g/mol. The number of nitriles is 1. The van der Waals surface area contributed by atoms with Gasteiger partial charge in [-0.2, -0.15) is 10.4 Å². The smallest absolute Gasteiger partial charge is 0.409 e. The Morgan fingerprint density at radius 2 is 1.96 bits per heavy atom. The number of hydrogen-bond acceptors (Lipinski definition) is 9. The molecule has 0 saturated carbocycles. The number of ether oxygens (including phenoxy) is 1. The van der Waals surface area contributed by atoms with Gasteiger partial charge in [-0.1, -0.05) is 27.7 Å². The van der Waals surface area contributed by atoms with Gasteiger partial charge in [0.25, 0.3) is 0 Å². The van der Waals surface area contributed by atoms with Crippen molar-refractivity contribution in [3.8, 4) is 17.3 Å². The number of hydrogen-bond donors (Lipinski definition) is 2. The van der Waals surface area contributed by atoms with Crippen molar-refractivity contribution in [2.45, 2.75) is 96.7 Å². The summed E-state index contributed by atoms with van der Waals surface area (Å²) in [7, 11) is -2.79. The van der Waals surface area contributed by atoms with Gasteiger partial charge in [-0.3, -0.25) is 0 Å². The molecule has 45 heavy (non-hydrogen) atoms. The van der Waals surface area contributed by atoms with Crippen LogP contribution < -0.4 is 10.1 Å². The highest BCUT2D eigenvalue weighted by Crippen LogP contribution is 2.47. The average molecular weight is 630 g/mol. The van der Waals surface area contributed by atoms with Crippen LogP contribution in [0.2, 0.25) is 25.0 Å². The summed E-state index contributed by atoms with van der Waals surface area (Å²) in [5.41, 5.74) is 4.42. The van der Waals surface area contributed by atoms with Crippen LogP contribution in [0.15, 0.2) is 30.5 Å². The van der Waals surface area contributed by atoms with E-state index in [1.165, 1.54) is 0 Å². The van der Waals surface area contributed by atoms with Crippen LogP contribution in [0.1, 0.15) is 83.2 Å². The molecule has 1 atom stereocenters. The molecule has 4 heterocycles. The van der Waals surface area contributed by atoms with Crippen LogP contribution in [0.25, 0.3) is 11.3 Å². The van der Waals surface area contributed by atoms with Crippen molar-refractivity contribution in [2.24, 2.45) is 0 Å². The van der Waals surface area contributed by atoms with E-state index in [0.29, 0.717) is 36.3 Å². The zero-order valence-corrected chi connectivity index (χ0v) is 29.3. The summed E-state index contributed by atoms with van der Waals surface area (Å²) in [4.78, 5) is 11.4. The summed E-state index contributed by atoms with van der Waals surface area (Å²) in [6.07, 6.45) is 3.67. The lowest BCUT2D eigenvalue weighted by atomic mass is 9.83. The second-order valence-corrected chi connectivity index (χ2v) is 19.5. The minimum Gasteiger partial charge on any atom is -0.432 e. The monoisotopic (exact) mass is 629 g/mol. The van der Waals surface area contributed by atoms with E-state index >= 15 is 0 Å². The second kappa shape index (κ2) is 12.5. The maximum absolute atomic E-state index is 10.8. The minimum atomic E-state index is -2.04. The van der Waals surface area contributed by atoms with Crippen molar-refractivity contribution in [3.05, 3.63) is 47.3 Å². The van der Waals surface area contributed by atoms with E-state index in [4.69, 9.17) is 19.2 Å². The fourth-order valence-corrected chi connectivity index (χ4v) is 7.08. The largest absolute Gasteiger partial charge is 0.432 e. The van der Waals surface area contributed by atoms with E-state index in [0.717, 1.165) is 54.4 Å². The van der Waals surface area contributed by atoms with Crippen molar-refractivity contribution in [1.82, 2.24) is 19.7 Å². The Morgan fingerprint density at radius 1 is 1.24 bits per heavy atom. The Kier molecular flexibility index (Phi) is 9.21. The molecule has 1 aromatic carbocycles. The van der Waals surface area contributed by atoms with E-state index in [1.54, 1.807) is 13.0 Å². The molecule has 2 N–H and O–H groups in total. The molecule has 2 aliphatic rings. The van der Waals surface area contributed by atoms with Gasteiger partial charge in [0.05, 0.1) is 17.0 Å². The molecular formula is C33H48BN7O3Si. The van der Waals surface area contributed by atoms with Crippen LogP contribution in [0.4, 0.5) is 17.5 Å². The summed E-state index contributed by atoms with van der Waals surface area (Å²) < 4.78 is 14.3. The lowest BCUT2D eigenvalue weighted by Gasteiger charge is -2.39. The van der Waals surface area contributed by atoms with Gasteiger partial charge in [-0.25, -0.2) is 14.6 Å². The quantitative estimate of drug-likeness (QED) is 0.251. The first-order chi connectivity index (χ1) is 21.1. The molecule has 3 aromatic rings. The normalized spacial score (nSPS) is 19.1. The Bertz CT molecular complexity index is 1570. The number of nitrogens with one attached hydrogen (secondary N) is 1. The van der Waals surface area contributed by atoms with Crippen molar-refractivity contribution in [3.63, 3.8) is 0 Å². The van der Waals surface area contributed by atoms with Gasteiger partial charge in [-0.15, -0.1) is 0 Å². The number of rotatable bonds is 9. The van der Waals surface area contributed by atoms with Crippen LogP contribution in [0.5, 0.6) is 0 Å². The summed E-state index contributed by atoms with van der Waals surface area (Å²) in [5, 5.41) is 29.5. The molecule has 5 rings (SSSR count). The molecule has 240 valence electrons. The predicted molar refractivity (Wildman–Crippen MR) is 183 cm³/mol. The van der Waals surface area contributed by atoms with E-state index in [9.17, 15) is 10.3 Å². The second-order valence-electron chi connectivity index (χ2n) is 14.7. The van der Waals surface area contributed by atoms with Crippen molar-refractivity contribution >= 4 is 32.8 Å². The standard InChI is InChI=1S/C33H48BN7O3Si/c1-22(2)41-29(18-28(39-41)23-11-14-43-15-12-23)38-31-36-13-10-27(37-31)24-16-25(19-35)30-26(17-24)33(6,20-40(30)34(7)42)21-44-45(8,9)32(3,4)5/h10,13,16-18,22-23,42H,11-12,14-15,20-21H2,1-9H3,(H,36,37,38)/t33-/m1/s1. The molecule has 0 amide bonds. The molecule has 0 radical (unpaired) electrons. The first-order valence-corrected chi connectivity index (χ1v) is 19.0. The lowest BCUT2D eigenvalue weighted by Crippen LogP contribution is -2.47. The maximum Gasteiger partial charge on any atom is 0.409 e. The molecule has 0 unspecified atom stereocenters. The molecule has 12 heteroatoms. The molecule has 10 nitrogen and oxygen atoms in total. The lowest BCUT2D eigenvalue weighted by molar-refractivity contribution is 0.0843. The number of benzene rings is 1. The Hall–Kier alpha value is -3.24. The molecule has 0 spiro atoms. The van der Waals surface area contributed by atoms with Gasteiger partial charge < -0.3 is 24.3 Å². The number of anilines is 3. The number of nitrogens with zero attached hydrogens (tertiary/aromatic N) is 6. The third-order valence-electron chi connectivity index (χ3n) is 9.77. The molecule has 1 saturated heterocycles. The predicted octanol–water partition coefficient (Wildman–Crippen LogP) is 6.64. The summed E-state index contributed by atoms with van der Waals surface area (Å²) in [6, 6.07) is 10.5. The van der Waals surface area contributed by atoms with Crippen molar-refractivity contribution in [1.29, 1.82) is 5.26 Å².